The van der Waals surface area contributed by atoms with Gasteiger partial charge in [-0.2, -0.15) is 5.10 Å². The number of ether oxygens (including phenoxy) is 1. The molecule has 8 nitrogen and oxygen atoms in total. The molecule has 1 saturated heterocycles. The van der Waals surface area contributed by atoms with Crippen molar-refractivity contribution < 1.29 is 13.5 Å². The second kappa shape index (κ2) is 9.61. The van der Waals surface area contributed by atoms with E-state index in [1.165, 1.54) is 48.2 Å². The molecule has 0 N–H and O–H groups in total. The molecule has 35 heavy (non-hydrogen) atoms. The van der Waals surface area contributed by atoms with Gasteiger partial charge in [-0.25, -0.2) is 23.7 Å². The summed E-state index contributed by atoms with van der Waals surface area (Å²) in [5, 5.41) is 4.39. The summed E-state index contributed by atoms with van der Waals surface area (Å²) < 4.78 is 36.1. The van der Waals surface area contributed by atoms with Crippen molar-refractivity contribution in [2.75, 3.05) is 6.61 Å². The van der Waals surface area contributed by atoms with E-state index in [0.717, 1.165) is 25.2 Å². The normalized spacial score (nSPS) is 17.8. The number of halogens is 2. The van der Waals surface area contributed by atoms with Crippen molar-refractivity contribution in [3.63, 3.8) is 0 Å². The van der Waals surface area contributed by atoms with E-state index in [-0.39, 0.29) is 27.9 Å². The first-order chi connectivity index (χ1) is 16.9. The van der Waals surface area contributed by atoms with Crippen molar-refractivity contribution in [3.8, 4) is 11.3 Å². The minimum atomic E-state index is -0.768. The Kier molecular flexibility index (Phi) is 6.38. The standard InChI is InChI=1S/C14H10F2N4O.C11H16N2O/c1-7-19-12-11(9-4-3-8(15)5-10(9)16)17-6-18-13(12)14(21)20(7)2;1-2-6-14-11(3-1)9-7-12-13(8-9)10-4-5-10/h3-6H,1-2H3;7-8,10-11H,1-6H2/t;11-/m.1/s1. The highest BCUT2D eigenvalue weighted by atomic mass is 19.1. The zero-order chi connectivity index (χ0) is 24.5. The number of rotatable bonds is 3. The largest absolute Gasteiger partial charge is 0.373 e. The van der Waals surface area contributed by atoms with Gasteiger partial charge in [0.2, 0.25) is 0 Å². The van der Waals surface area contributed by atoms with Crippen molar-refractivity contribution in [2.24, 2.45) is 7.05 Å². The summed E-state index contributed by atoms with van der Waals surface area (Å²) >= 11 is 0. The first-order valence-corrected chi connectivity index (χ1v) is 11.7. The molecular formula is C25H26F2N6O2. The lowest BCUT2D eigenvalue weighted by molar-refractivity contribution is 0.0149. The van der Waals surface area contributed by atoms with Crippen molar-refractivity contribution in [1.29, 1.82) is 0 Å². The molecule has 4 aromatic rings. The summed E-state index contributed by atoms with van der Waals surface area (Å²) in [5.74, 6) is -1.00. The molecule has 0 spiro atoms. The summed E-state index contributed by atoms with van der Waals surface area (Å²) in [6.07, 6.45) is 11.9. The van der Waals surface area contributed by atoms with E-state index in [0.29, 0.717) is 18.0 Å². The molecule has 0 radical (unpaired) electrons. The minimum absolute atomic E-state index is 0.0731. The van der Waals surface area contributed by atoms with E-state index in [1.807, 2.05) is 6.20 Å². The topological polar surface area (TPSA) is 87.7 Å². The first-order valence-electron chi connectivity index (χ1n) is 11.7. The lowest BCUT2D eigenvalue weighted by Crippen LogP contribution is -2.22. The van der Waals surface area contributed by atoms with E-state index < -0.39 is 11.6 Å². The molecule has 2 fully saturated rings. The Morgan fingerprint density at radius 1 is 1.09 bits per heavy atom. The van der Waals surface area contributed by atoms with Gasteiger partial charge in [0.1, 0.15) is 35.0 Å². The van der Waals surface area contributed by atoms with Crippen LogP contribution in [-0.4, -0.2) is 35.9 Å². The molecule has 1 aliphatic heterocycles. The Balaban J connectivity index is 0.000000156. The van der Waals surface area contributed by atoms with Crippen LogP contribution in [0.1, 0.15) is 55.6 Å². The van der Waals surface area contributed by atoms with Gasteiger partial charge in [-0.3, -0.25) is 14.0 Å². The first kappa shape index (κ1) is 23.2. The molecule has 1 atom stereocenters. The van der Waals surface area contributed by atoms with Gasteiger partial charge < -0.3 is 4.74 Å². The smallest absolute Gasteiger partial charge is 0.279 e. The lowest BCUT2D eigenvalue weighted by atomic mass is 10.0. The Labute approximate surface area is 200 Å². The molecule has 182 valence electrons. The van der Waals surface area contributed by atoms with Gasteiger partial charge in [0.15, 0.2) is 5.52 Å². The fourth-order valence-corrected chi connectivity index (χ4v) is 4.12. The molecule has 1 saturated carbocycles. The number of aromatic nitrogens is 6. The van der Waals surface area contributed by atoms with Crippen LogP contribution in [0.3, 0.4) is 0 Å². The van der Waals surface area contributed by atoms with Gasteiger partial charge in [-0.1, -0.05) is 0 Å². The molecule has 0 bridgehead atoms. The molecule has 6 rings (SSSR count). The zero-order valence-electron chi connectivity index (χ0n) is 19.6. The molecule has 0 amide bonds. The summed E-state index contributed by atoms with van der Waals surface area (Å²) in [4.78, 5) is 24.3. The van der Waals surface area contributed by atoms with Crippen LogP contribution in [0.4, 0.5) is 8.78 Å². The molecule has 1 aliphatic carbocycles. The van der Waals surface area contributed by atoms with Crippen LogP contribution in [0.5, 0.6) is 0 Å². The maximum absolute atomic E-state index is 13.9. The quantitative estimate of drug-likeness (QED) is 0.431. The molecule has 3 aromatic heterocycles. The van der Waals surface area contributed by atoms with Crippen LogP contribution in [0.15, 0.2) is 41.7 Å². The van der Waals surface area contributed by atoms with Gasteiger partial charge in [-0.05, 0) is 51.2 Å². The molecule has 1 aromatic carbocycles. The van der Waals surface area contributed by atoms with Crippen molar-refractivity contribution in [2.45, 2.75) is 51.2 Å². The van der Waals surface area contributed by atoms with E-state index in [9.17, 15) is 13.6 Å². The third-order valence-corrected chi connectivity index (χ3v) is 6.37. The highest BCUT2D eigenvalue weighted by Gasteiger charge is 2.26. The van der Waals surface area contributed by atoms with Crippen LogP contribution in [0, 0.1) is 18.6 Å². The van der Waals surface area contributed by atoms with Crippen molar-refractivity contribution in [1.82, 2.24) is 29.3 Å². The molecule has 2 aliphatic rings. The second-order valence-corrected chi connectivity index (χ2v) is 8.91. The van der Waals surface area contributed by atoms with Gasteiger partial charge in [0.25, 0.3) is 5.56 Å². The lowest BCUT2D eigenvalue weighted by Gasteiger charge is -2.21. The Hall–Kier alpha value is -3.53. The maximum Gasteiger partial charge on any atom is 0.279 e. The number of nitrogens with zero attached hydrogens (tertiary/aromatic N) is 6. The van der Waals surface area contributed by atoms with E-state index in [1.54, 1.807) is 14.0 Å². The zero-order valence-corrected chi connectivity index (χ0v) is 19.6. The molecule has 0 unspecified atom stereocenters. The molecule has 10 heteroatoms. The third-order valence-electron chi connectivity index (χ3n) is 6.37. The predicted molar refractivity (Wildman–Crippen MR) is 126 cm³/mol. The maximum atomic E-state index is 13.9. The summed E-state index contributed by atoms with van der Waals surface area (Å²) in [5.41, 5.74) is 1.46. The van der Waals surface area contributed by atoms with E-state index in [4.69, 9.17) is 4.74 Å². The Bertz CT molecular complexity index is 1420. The monoisotopic (exact) mass is 480 g/mol. The third kappa shape index (κ3) is 4.84. The highest BCUT2D eigenvalue weighted by molar-refractivity contribution is 5.88. The summed E-state index contributed by atoms with van der Waals surface area (Å²) in [6.45, 7) is 2.57. The van der Waals surface area contributed by atoms with Crippen LogP contribution in [-0.2, 0) is 11.8 Å². The average molecular weight is 481 g/mol. The Morgan fingerprint density at radius 2 is 1.91 bits per heavy atom. The van der Waals surface area contributed by atoms with Crippen molar-refractivity contribution >= 4 is 11.0 Å². The summed E-state index contributed by atoms with van der Waals surface area (Å²) in [6, 6.07) is 3.84. The van der Waals surface area contributed by atoms with Crippen LogP contribution in [0.25, 0.3) is 22.3 Å². The fraction of sp³-hybridized carbons (Fsp3) is 0.400. The van der Waals surface area contributed by atoms with E-state index >= 15 is 0 Å². The fourth-order valence-electron chi connectivity index (χ4n) is 4.12. The SMILES string of the molecule is Cc1nc2c(-c3ccc(F)cc3F)ncnc2c(=O)n1C.c1nn(C2CC2)cc1[C@H]1CCCCO1. The Morgan fingerprint density at radius 3 is 2.63 bits per heavy atom. The minimum Gasteiger partial charge on any atom is -0.373 e. The van der Waals surface area contributed by atoms with Crippen LogP contribution >= 0.6 is 0 Å². The number of benzene rings is 1. The van der Waals surface area contributed by atoms with Gasteiger partial charge in [0.05, 0.1) is 18.3 Å². The summed E-state index contributed by atoms with van der Waals surface area (Å²) in [7, 11) is 1.57. The van der Waals surface area contributed by atoms with Crippen molar-refractivity contribution in [3.05, 3.63) is 70.3 Å². The van der Waals surface area contributed by atoms with Crippen LogP contribution < -0.4 is 5.56 Å². The molecule has 4 heterocycles. The molecular weight excluding hydrogens is 454 g/mol. The average Bonchev–Trinajstić information content (AvgIpc) is 3.60. The second-order valence-electron chi connectivity index (χ2n) is 8.91. The van der Waals surface area contributed by atoms with Crippen LogP contribution in [0.2, 0.25) is 0 Å². The number of fused-ring (bicyclic) bond motifs is 1. The number of hydrogen-bond donors (Lipinski definition) is 0. The number of hydrogen-bond acceptors (Lipinski definition) is 6. The van der Waals surface area contributed by atoms with Gasteiger partial charge in [0, 0.05) is 37.0 Å². The van der Waals surface area contributed by atoms with E-state index in [2.05, 4.69) is 30.9 Å². The van der Waals surface area contributed by atoms with Gasteiger partial charge >= 0.3 is 0 Å². The highest BCUT2D eigenvalue weighted by Crippen LogP contribution is 2.35. The predicted octanol–water partition coefficient (Wildman–Crippen LogP) is 4.44. The number of aryl methyl sites for hydroxylation is 1. The van der Waals surface area contributed by atoms with Gasteiger partial charge in [-0.15, -0.1) is 0 Å².